The lowest BCUT2D eigenvalue weighted by molar-refractivity contribution is 0.141. The van der Waals surface area contributed by atoms with Crippen LogP contribution < -0.4 is 4.74 Å². The summed E-state index contributed by atoms with van der Waals surface area (Å²) in [6.45, 7) is 3.54. The maximum Gasteiger partial charge on any atom is 0.270 e. The zero-order valence-electron chi connectivity index (χ0n) is 7.69. The van der Waals surface area contributed by atoms with Crippen molar-refractivity contribution in [1.82, 2.24) is 0 Å². The third-order valence-corrected chi connectivity index (χ3v) is 1.88. The fourth-order valence-electron chi connectivity index (χ4n) is 1.17. The molecule has 1 nitrogen and oxygen atoms in total. The van der Waals surface area contributed by atoms with Gasteiger partial charge in [0.2, 0.25) is 0 Å². The van der Waals surface area contributed by atoms with Crippen molar-refractivity contribution in [3.63, 3.8) is 0 Å². The Kier molecular flexibility index (Phi) is 3.38. The summed E-state index contributed by atoms with van der Waals surface area (Å²) in [5.74, 6) is -1.07. The molecule has 0 atom stereocenters. The zero-order valence-corrected chi connectivity index (χ0v) is 7.69. The highest BCUT2D eigenvalue weighted by atomic mass is 19.3. The maximum absolute atomic E-state index is 13.1. The summed E-state index contributed by atoms with van der Waals surface area (Å²) in [4.78, 5) is 0. The Balaban J connectivity index is 3.27. The Morgan fingerprint density at radius 2 is 2.07 bits per heavy atom. The van der Waals surface area contributed by atoms with Crippen molar-refractivity contribution in [3.8, 4) is 5.75 Å². The molecule has 0 aliphatic heterocycles. The minimum atomic E-state index is -2.87. The highest BCUT2D eigenvalue weighted by Crippen LogP contribution is 2.32. The van der Waals surface area contributed by atoms with Crippen molar-refractivity contribution in [2.24, 2.45) is 0 Å². The predicted molar refractivity (Wildman–Crippen MR) is 47.0 cm³/mol. The molecule has 0 heterocycles. The van der Waals surface area contributed by atoms with Gasteiger partial charge in [-0.1, -0.05) is 0 Å². The van der Waals surface area contributed by atoms with E-state index < -0.39 is 17.8 Å². The molecular formula is C10H10F3O. The van der Waals surface area contributed by atoms with Gasteiger partial charge in [-0.25, -0.2) is 13.2 Å². The highest BCUT2D eigenvalue weighted by molar-refractivity contribution is 5.39. The molecule has 14 heavy (non-hydrogen) atoms. The van der Waals surface area contributed by atoms with Gasteiger partial charge in [0.15, 0.2) is 0 Å². The third-order valence-electron chi connectivity index (χ3n) is 1.88. The number of halogens is 3. The van der Waals surface area contributed by atoms with E-state index in [4.69, 9.17) is 0 Å². The lowest BCUT2D eigenvalue weighted by Gasteiger charge is -2.10. The van der Waals surface area contributed by atoms with Gasteiger partial charge in [-0.05, 0) is 31.0 Å². The molecule has 0 unspecified atom stereocenters. The van der Waals surface area contributed by atoms with E-state index in [1.165, 1.54) is 13.2 Å². The zero-order chi connectivity index (χ0) is 10.7. The summed E-state index contributed by atoms with van der Waals surface area (Å²) >= 11 is 0. The van der Waals surface area contributed by atoms with Gasteiger partial charge in [0.1, 0.15) is 11.6 Å². The topological polar surface area (TPSA) is 9.23 Å². The van der Waals surface area contributed by atoms with Crippen molar-refractivity contribution < 1.29 is 17.9 Å². The summed E-state index contributed by atoms with van der Waals surface area (Å²) in [5, 5.41) is 0. The second-order valence-corrected chi connectivity index (χ2v) is 2.74. The van der Waals surface area contributed by atoms with Crippen LogP contribution in [-0.2, 0) is 6.42 Å². The van der Waals surface area contributed by atoms with E-state index in [1.54, 1.807) is 0 Å². The number of benzene rings is 1. The molecule has 0 aliphatic carbocycles. The SMILES string of the molecule is [CH2]Cc1cc(F)c(C(F)F)c(OC)c1. The largest absolute Gasteiger partial charge is 0.496 e. The van der Waals surface area contributed by atoms with Crippen LogP contribution in [0.15, 0.2) is 12.1 Å². The number of ether oxygens (including phenoxy) is 1. The molecular weight excluding hydrogens is 193 g/mol. The fraction of sp³-hybridized carbons (Fsp3) is 0.300. The Labute approximate surface area is 80.5 Å². The summed E-state index contributed by atoms with van der Waals surface area (Å²) in [6, 6.07) is 2.43. The Bertz CT molecular complexity index is 323. The lowest BCUT2D eigenvalue weighted by Crippen LogP contribution is -1.98. The number of methoxy groups -OCH3 is 1. The second kappa shape index (κ2) is 4.35. The number of rotatable bonds is 3. The average Bonchev–Trinajstić information content (AvgIpc) is 2.15. The highest BCUT2D eigenvalue weighted by Gasteiger charge is 2.19. The van der Waals surface area contributed by atoms with Crippen molar-refractivity contribution in [2.45, 2.75) is 12.8 Å². The normalized spacial score (nSPS) is 10.7. The first kappa shape index (κ1) is 10.9. The smallest absolute Gasteiger partial charge is 0.270 e. The number of hydrogen-bond acceptors (Lipinski definition) is 1. The monoisotopic (exact) mass is 203 g/mol. The van der Waals surface area contributed by atoms with E-state index in [1.807, 2.05) is 0 Å². The molecule has 0 aromatic heterocycles. The van der Waals surface area contributed by atoms with Crippen LogP contribution in [0.2, 0.25) is 0 Å². The minimum absolute atomic E-state index is 0.126. The van der Waals surface area contributed by atoms with Crippen LogP contribution in [0.1, 0.15) is 17.6 Å². The summed E-state index contributed by atoms with van der Waals surface area (Å²) < 4.78 is 42.6. The lowest BCUT2D eigenvalue weighted by atomic mass is 10.1. The standard InChI is InChI=1S/C10H10F3O/c1-3-6-4-7(11)9(10(12)13)8(5-6)14-2/h4-5,10H,1,3H2,2H3. The van der Waals surface area contributed by atoms with Crippen LogP contribution in [-0.4, -0.2) is 7.11 Å². The first-order valence-corrected chi connectivity index (χ1v) is 4.03. The van der Waals surface area contributed by atoms with Gasteiger partial charge < -0.3 is 4.74 Å². The quantitative estimate of drug-likeness (QED) is 0.733. The van der Waals surface area contributed by atoms with Gasteiger partial charge in [-0.2, -0.15) is 0 Å². The van der Waals surface area contributed by atoms with Crippen LogP contribution in [0.4, 0.5) is 13.2 Å². The van der Waals surface area contributed by atoms with Crippen molar-refractivity contribution >= 4 is 0 Å². The molecule has 0 saturated carbocycles. The molecule has 0 aliphatic rings. The van der Waals surface area contributed by atoms with Gasteiger partial charge >= 0.3 is 0 Å². The van der Waals surface area contributed by atoms with E-state index in [-0.39, 0.29) is 5.75 Å². The molecule has 4 heteroatoms. The minimum Gasteiger partial charge on any atom is -0.496 e. The molecule has 0 spiro atoms. The molecule has 1 rings (SSSR count). The van der Waals surface area contributed by atoms with Crippen LogP contribution in [0.3, 0.4) is 0 Å². The maximum atomic E-state index is 13.1. The van der Waals surface area contributed by atoms with E-state index >= 15 is 0 Å². The molecule has 77 valence electrons. The van der Waals surface area contributed by atoms with E-state index in [9.17, 15) is 13.2 Å². The van der Waals surface area contributed by atoms with Crippen LogP contribution in [0.5, 0.6) is 5.75 Å². The third kappa shape index (κ3) is 2.00. The summed E-state index contributed by atoms with van der Waals surface area (Å²) in [5.41, 5.74) is -0.159. The molecule has 0 saturated heterocycles. The molecule has 1 aromatic carbocycles. The first-order valence-electron chi connectivity index (χ1n) is 4.03. The number of alkyl halides is 2. The second-order valence-electron chi connectivity index (χ2n) is 2.74. The molecule has 0 amide bonds. The van der Waals surface area contributed by atoms with E-state index in [0.29, 0.717) is 12.0 Å². The van der Waals surface area contributed by atoms with Gasteiger partial charge in [0.25, 0.3) is 6.43 Å². The van der Waals surface area contributed by atoms with Crippen molar-refractivity contribution in [3.05, 3.63) is 36.0 Å². The van der Waals surface area contributed by atoms with Gasteiger partial charge in [0.05, 0.1) is 12.7 Å². The summed E-state index contributed by atoms with van der Waals surface area (Å²) in [6.07, 6.45) is -2.54. The Morgan fingerprint density at radius 3 is 2.50 bits per heavy atom. The molecule has 0 N–H and O–H groups in total. The van der Waals surface area contributed by atoms with Crippen LogP contribution in [0.25, 0.3) is 0 Å². The van der Waals surface area contributed by atoms with Gasteiger partial charge in [-0.3, -0.25) is 0 Å². The van der Waals surface area contributed by atoms with Crippen LogP contribution in [0, 0.1) is 12.7 Å². The van der Waals surface area contributed by atoms with Gasteiger partial charge in [0, 0.05) is 0 Å². The van der Waals surface area contributed by atoms with Crippen LogP contribution >= 0.6 is 0 Å². The first-order chi connectivity index (χ1) is 6.60. The van der Waals surface area contributed by atoms with Crippen molar-refractivity contribution in [2.75, 3.05) is 7.11 Å². The Morgan fingerprint density at radius 1 is 1.43 bits per heavy atom. The number of hydrogen-bond donors (Lipinski definition) is 0. The fourth-order valence-corrected chi connectivity index (χ4v) is 1.17. The molecule has 0 bridgehead atoms. The summed E-state index contributed by atoms with van der Waals surface area (Å²) in [7, 11) is 1.23. The predicted octanol–water partition coefficient (Wildman–Crippen LogP) is 3.15. The Hall–Kier alpha value is -1.19. The molecule has 1 radical (unpaired) electrons. The average molecular weight is 203 g/mol. The van der Waals surface area contributed by atoms with E-state index in [0.717, 1.165) is 6.07 Å². The molecule has 0 fully saturated rings. The van der Waals surface area contributed by atoms with Crippen molar-refractivity contribution in [1.29, 1.82) is 0 Å². The van der Waals surface area contributed by atoms with Gasteiger partial charge in [-0.15, -0.1) is 0 Å². The molecule has 1 aromatic rings. The van der Waals surface area contributed by atoms with E-state index in [2.05, 4.69) is 11.7 Å².